The zero-order valence-corrected chi connectivity index (χ0v) is 12.9. The zero-order valence-electron chi connectivity index (χ0n) is 12.9. The Bertz CT molecular complexity index is 511. The van der Waals surface area contributed by atoms with Crippen molar-refractivity contribution in [3.63, 3.8) is 0 Å². The highest BCUT2D eigenvalue weighted by atomic mass is 16.1. The number of hydrogen-bond acceptors (Lipinski definition) is 4. The van der Waals surface area contributed by atoms with Gasteiger partial charge in [-0.05, 0) is 46.0 Å². The molecule has 0 radical (unpaired) electrons. The summed E-state index contributed by atoms with van der Waals surface area (Å²) in [5, 5.41) is 6.10. The second-order valence-corrected chi connectivity index (χ2v) is 5.70. The number of anilines is 1. The molecule has 5 nitrogen and oxygen atoms in total. The van der Waals surface area contributed by atoms with Crippen molar-refractivity contribution in [3.8, 4) is 0 Å². The van der Waals surface area contributed by atoms with Gasteiger partial charge in [0.15, 0.2) is 0 Å². The molecule has 1 amide bonds. The van der Waals surface area contributed by atoms with Gasteiger partial charge in [0.25, 0.3) is 5.91 Å². The van der Waals surface area contributed by atoms with E-state index in [0.29, 0.717) is 18.1 Å². The first-order valence-electron chi connectivity index (χ1n) is 7.70. The maximum absolute atomic E-state index is 12.1. The summed E-state index contributed by atoms with van der Waals surface area (Å²) in [6.45, 7) is 4.72. The SMILES string of the molecule is CC(C)Nc1cc(C(=O)NCCC2=CCCCC2)ncn1. The van der Waals surface area contributed by atoms with Crippen molar-refractivity contribution in [3.05, 3.63) is 29.7 Å². The quantitative estimate of drug-likeness (QED) is 0.790. The summed E-state index contributed by atoms with van der Waals surface area (Å²) < 4.78 is 0. The molecule has 0 spiro atoms. The van der Waals surface area contributed by atoms with E-state index >= 15 is 0 Å². The number of carbonyl (C=O) groups is 1. The number of allylic oxidation sites excluding steroid dienone is 1. The number of carbonyl (C=O) groups excluding carboxylic acids is 1. The van der Waals surface area contributed by atoms with Gasteiger partial charge in [-0.1, -0.05) is 11.6 Å². The number of amides is 1. The Balaban J connectivity index is 1.83. The minimum atomic E-state index is -0.138. The molecule has 0 bridgehead atoms. The van der Waals surface area contributed by atoms with Gasteiger partial charge in [-0.15, -0.1) is 0 Å². The smallest absolute Gasteiger partial charge is 0.270 e. The predicted octanol–water partition coefficient (Wildman–Crippen LogP) is 2.92. The van der Waals surface area contributed by atoms with E-state index in [1.165, 1.54) is 37.6 Å². The Kier molecular flexibility index (Phi) is 5.72. The first kappa shape index (κ1) is 15.5. The highest BCUT2D eigenvalue weighted by molar-refractivity contribution is 5.92. The molecule has 0 saturated heterocycles. The second-order valence-electron chi connectivity index (χ2n) is 5.70. The number of nitrogens with one attached hydrogen (secondary N) is 2. The fraction of sp³-hybridized carbons (Fsp3) is 0.562. The average Bonchev–Trinajstić information content (AvgIpc) is 2.48. The van der Waals surface area contributed by atoms with Crippen LogP contribution in [0.25, 0.3) is 0 Å². The third-order valence-electron chi connectivity index (χ3n) is 3.45. The minimum absolute atomic E-state index is 0.138. The molecule has 1 aliphatic rings. The van der Waals surface area contributed by atoms with Crippen LogP contribution in [0, 0.1) is 0 Å². The lowest BCUT2D eigenvalue weighted by molar-refractivity contribution is 0.0949. The Labute approximate surface area is 126 Å². The van der Waals surface area contributed by atoms with Crippen LogP contribution >= 0.6 is 0 Å². The Morgan fingerprint density at radius 2 is 2.19 bits per heavy atom. The number of nitrogens with zero attached hydrogens (tertiary/aromatic N) is 2. The summed E-state index contributed by atoms with van der Waals surface area (Å²) in [6, 6.07) is 1.96. The first-order chi connectivity index (χ1) is 10.1. The topological polar surface area (TPSA) is 66.9 Å². The first-order valence-corrected chi connectivity index (χ1v) is 7.70. The van der Waals surface area contributed by atoms with Gasteiger partial charge >= 0.3 is 0 Å². The molecule has 0 fully saturated rings. The van der Waals surface area contributed by atoms with Crippen molar-refractivity contribution in [1.82, 2.24) is 15.3 Å². The molecule has 0 unspecified atom stereocenters. The van der Waals surface area contributed by atoms with E-state index in [9.17, 15) is 4.79 Å². The molecule has 0 atom stereocenters. The maximum atomic E-state index is 12.1. The Morgan fingerprint density at radius 1 is 1.33 bits per heavy atom. The van der Waals surface area contributed by atoms with Crippen LogP contribution in [0.2, 0.25) is 0 Å². The van der Waals surface area contributed by atoms with Gasteiger partial charge in [0.05, 0.1) is 0 Å². The predicted molar refractivity (Wildman–Crippen MR) is 84.3 cm³/mol. The van der Waals surface area contributed by atoms with Crippen molar-refractivity contribution in [2.75, 3.05) is 11.9 Å². The van der Waals surface area contributed by atoms with E-state index < -0.39 is 0 Å². The van der Waals surface area contributed by atoms with E-state index in [-0.39, 0.29) is 11.9 Å². The second kappa shape index (κ2) is 7.76. The molecule has 0 saturated carbocycles. The molecule has 1 aromatic heterocycles. The molecular weight excluding hydrogens is 264 g/mol. The van der Waals surface area contributed by atoms with Crippen molar-refractivity contribution in [2.45, 2.75) is 52.0 Å². The minimum Gasteiger partial charge on any atom is -0.368 e. The van der Waals surface area contributed by atoms with Crippen LogP contribution in [0.5, 0.6) is 0 Å². The van der Waals surface area contributed by atoms with E-state index in [1.54, 1.807) is 6.07 Å². The summed E-state index contributed by atoms with van der Waals surface area (Å²) >= 11 is 0. The van der Waals surface area contributed by atoms with Gasteiger partial charge in [0.2, 0.25) is 0 Å². The summed E-state index contributed by atoms with van der Waals surface area (Å²) in [5.41, 5.74) is 1.87. The van der Waals surface area contributed by atoms with Crippen LogP contribution in [-0.4, -0.2) is 28.5 Å². The number of hydrogen-bond donors (Lipinski definition) is 2. The number of aromatic nitrogens is 2. The third kappa shape index (κ3) is 5.17. The van der Waals surface area contributed by atoms with Crippen molar-refractivity contribution >= 4 is 11.7 Å². The number of rotatable bonds is 6. The fourth-order valence-electron chi connectivity index (χ4n) is 2.42. The monoisotopic (exact) mass is 288 g/mol. The summed E-state index contributed by atoms with van der Waals surface area (Å²) in [5.74, 6) is 0.542. The van der Waals surface area contributed by atoms with Crippen molar-refractivity contribution in [1.29, 1.82) is 0 Å². The van der Waals surface area contributed by atoms with Gasteiger partial charge < -0.3 is 10.6 Å². The van der Waals surface area contributed by atoms with Crippen LogP contribution in [0.1, 0.15) is 56.4 Å². The lowest BCUT2D eigenvalue weighted by Gasteiger charge is -2.13. The molecule has 1 heterocycles. The van der Waals surface area contributed by atoms with Gasteiger partial charge in [-0.25, -0.2) is 9.97 Å². The molecule has 21 heavy (non-hydrogen) atoms. The molecule has 1 aromatic rings. The summed E-state index contributed by atoms with van der Waals surface area (Å²) in [6.07, 6.45) is 9.59. The van der Waals surface area contributed by atoms with E-state index in [0.717, 1.165) is 6.42 Å². The molecule has 114 valence electrons. The molecule has 0 aliphatic heterocycles. The van der Waals surface area contributed by atoms with E-state index in [4.69, 9.17) is 0 Å². The third-order valence-corrected chi connectivity index (χ3v) is 3.45. The standard InChI is InChI=1S/C16H24N4O/c1-12(2)20-15-10-14(18-11-19-15)16(21)17-9-8-13-6-4-3-5-7-13/h6,10-12H,3-5,7-9H2,1-2H3,(H,17,21)(H,18,19,20). The van der Waals surface area contributed by atoms with Gasteiger partial charge in [0, 0.05) is 18.7 Å². The molecule has 0 aromatic carbocycles. The molecule has 1 aliphatic carbocycles. The van der Waals surface area contributed by atoms with E-state index in [2.05, 4.69) is 26.7 Å². The fourth-order valence-corrected chi connectivity index (χ4v) is 2.42. The average molecular weight is 288 g/mol. The lowest BCUT2D eigenvalue weighted by Crippen LogP contribution is -2.26. The summed E-state index contributed by atoms with van der Waals surface area (Å²) in [7, 11) is 0. The molecule has 5 heteroatoms. The van der Waals surface area contributed by atoms with Gasteiger partial charge in [-0.2, -0.15) is 0 Å². The Hall–Kier alpha value is -1.91. The van der Waals surface area contributed by atoms with Crippen molar-refractivity contribution < 1.29 is 4.79 Å². The molecule has 2 rings (SSSR count). The van der Waals surface area contributed by atoms with Gasteiger partial charge in [-0.3, -0.25) is 4.79 Å². The highest BCUT2D eigenvalue weighted by Gasteiger charge is 2.09. The lowest BCUT2D eigenvalue weighted by atomic mass is 9.97. The Morgan fingerprint density at radius 3 is 2.90 bits per heavy atom. The van der Waals surface area contributed by atoms with Crippen LogP contribution in [0.15, 0.2) is 24.0 Å². The van der Waals surface area contributed by atoms with Crippen molar-refractivity contribution in [2.24, 2.45) is 0 Å². The zero-order chi connectivity index (χ0) is 15.1. The molecular formula is C16H24N4O. The maximum Gasteiger partial charge on any atom is 0.270 e. The molecule has 2 N–H and O–H groups in total. The van der Waals surface area contributed by atoms with Crippen LogP contribution < -0.4 is 10.6 Å². The van der Waals surface area contributed by atoms with Crippen LogP contribution in [-0.2, 0) is 0 Å². The summed E-state index contributed by atoms with van der Waals surface area (Å²) in [4.78, 5) is 20.2. The van der Waals surface area contributed by atoms with Crippen LogP contribution in [0.4, 0.5) is 5.82 Å². The van der Waals surface area contributed by atoms with E-state index in [1.807, 2.05) is 13.8 Å². The van der Waals surface area contributed by atoms with Gasteiger partial charge in [0.1, 0.15) is 17.8 Å². The highest BCUT2D eigenvalue weighted by Crippen LogP contribution is 2.19. The largest absolute Gasteiger partial charge is 0.368 e. The normalized spacial score (nSPS) is 14.7. The van der Waals surface area contributed by atoms with Crippen LogP contribution in [0.3, 0.4) is 0 Å².